The lowest BCUT2D eigenvalue weighted by Gasteiger charge is -2.28. The second-order valence-corrected chi connectivity index (χ2v) is 8.22. The number of allylic oxidation sites excluding steroid dienone is 2. The molecule has 0 N–H and O–H groups in total. The standard InChI is InChI=1S/C19H25NO3S/c1-19(2,3)23-18(21)20-13-5-6-16(14-20)8-7-15-9-11-17(12-10-15)24(4)22/h7-12,14H,5-6,13H2,1-4H3/b8-7+. The molecule has 1 atom stereocenters. The molecule has 1 aromatic carbocycles. The average molecular weight is 347 g/mol. The highest BCUT2D eigenvalue weighted by Crippen LogP contribution is 2.20. The van der Waals surface area contributed by atoms with Gasteiger partial charge in [0.1, 0.15) is 5.60 Å². The third-order valence-electron chi connectivity index (χ3n) is 3.52. The second-order valence-electron chi connectivity index (χ2n) is 6.84. The summed E-state index contributed by atoms with van der Waals surface area (Å²) < 4.78 is 16.8. The van der Waals surface area contributed by atoms with Gasteiger partial charge < -0.3 is 4.74 Å². The highest BCUT2D eigenvalue weighted by molar-refractivity contribution is 7.84. The van der Waals surface area contributed by atoms with Crippen LogP contribution < -0.4 is 0 Å². The van der Waals surface area contributed by atoms with E-state index in [4.69, 9.17) is 4.74 Å². The van der Waals surface area contributed by atoms with Gasteiger partial charge in [-0.1, -0.05) is 24.3 Å². The fourth-order valence-electron chi connectivity index (χ4n) is 2.35. The maximum Gasteiger partial charge on any atom is 0.414 e. The summed E-state index contributed by atoms with van der Waals surface area (Å²) in [6, 6.07) is 7.64. The molecule has 0 saturated heterocycles. The Labute approximate surface area is 146 Å². The Morgan fingerprint density at radius 1 is 1.21 bits per heavy atom. The van der Waals surface area contributed by atoms with Gasteiger partial charge in [-0.25, -0.2) is 4.79 Å². The minimum absolute atomic E-state index is 0.303. The second kappa shape index (κ2) is 7.79. The molecule has 1 aliphatic rings. The smallest absolute Gasteiger partial charge is 0.414 e. The van der Waals surface area contributed by atoms with Gasteiger partial charge in [0.05, 0.1) is 0 Å². The van der Waals surface area contributed by atoms with E-state index in [2.05, 4.69) is 0 Å². The molecule has 0 bridgehead atoms. The molecule has 0 saturated carbocycles. The molecule has 130 valence electrons. The van der Waals surface area contributed by atoms with E-state index in [1.54, 1.807) is 11.2 Å². The molecule has 5 heteroatoms. The van der Waals surface area contributed by atoms with E-state index in [1.165, 1.54) is 0 Å². The van der Waals surface area contributed by atoms with Crippen LogP contribution in [0.1, 0.15) is 39.2 Å². The molecule has 1 aliphatic heterocycles. The van der Waals surface area contributed by atoms with Crippen molar-refractivity contribution in [2.24, 2.45) is 0 Å². The van der Waals surface area contributed by atoms with Crippen molar-refractivity contribution < 1.29 is 13.7 Å². The van der Waals surface area contributed by atoms with Gasteiger partial charge in [-0.05, 0) is 56.9 Å². The van der Waals surface area contributed by atoms with Crippen molar-refractivity contribution in [3.8, 4) is 0 Å². The number of ether oxygens (including phenoxy) is 1. The highest BCUT2D eigenvalue weighted by Gasteiger charge is 2.22. The first-order chi connectivity index (χ1) is 11.2. The first-order valence-corrected chi connectivity index (χ1v) is 9.62. The van der Waals surface area contributed by atoms with Crippen LogP contribution in [0.25, 0.3) is 6.08 Å². The van der Waals surface area contributed by atoms with Crippen LogP contribution in [-0.2, 0) is 15.5 Å². The molecular weight excluding hydrogens is 322 g/mol. The minimum Gasteiger partial charge on any atom is -0.443 e. The summed E-state index contributed by atoms with van der Waals surface area (Å²) in [7, 11) is -0.958. The first-order valence-electron chi connectivity index (χ1n) is 8.06. The van der Waals surface area contributed by atoms with Crippen LogP contribution in [0, 0.1) is 0 Å². The van der Waals surface area contributed by atoms with E-state index in [9.17, 15) is 9.00 Å². The van der Waals surface area contributed by atoms with Gasteiger partial charge in [-0.2, -0.15) is 0 Å². The third kappa shape index (κ3) is 5.64. The van der Waals surface area contributed by atoms with Crippen LogP contribution in [-0.4, -0.2) is 33.6 Å². The maximum atomic E-state index is 12.1. The molecule has 1 amide bonds. The van der Waals surface area contributed by atoms with Crippen LogP contribution in [0.15, 0.2) is 47.0 Å². The molecule has 1 aromatic rings. The summed E-state index contributed by atoms with van der Waals surface area (Å²) in [6.07, 6.45) is 9.12. The Kier molecular flexibility index (Phi) is 5.99. The van der Waals surface area contributed by atoms with Crippen molar-refractivity contribution >= 4 is 23.0 Å². The van der Waals surface area contributed by atoms with E-state index in [1.807, 2.05) is 63.4 Å². The van der Waals surface area contributed by atoms with Crippen molar-refractivity contribution in [1.82, 2.24) is 4.90 Å². The number of benzene rings is 1. The van der Waals surface area contributed by atoms with E-state index in [0.29, 0.717) is 6.54 Å². The highest BCUT2D eigenvalue weighted by atomic mass is 32.2. The molecule has 0 aliphatic carbocycles. The SMILES string of the molecule is CS(=O)c1ccc(/C=C/C2=CN(C(=O)OC(C)(C)C)CCC2)cc1. The number of hydrogen-bond acceptors (Lipinski definition) is 3. The van der Waals surface area contributed by atoms with Gasteiger partial charge in [0.25, 0.3) is 0 Å². The van der Waals surface area contributed by atoms with Crippen LogP contribution in [0.3, 0.4) is 0 Å². The lowest BCUT2D eigenvalue weighted by Crippen LogP contribution is -2.35. The molecule has 1 heterocycles. The Morgan fingerprint density at radius 2 is 1.88 bits per heavy atom. The minimum atomic E-state index is -0.958. The molecule has 24 heavy (non-hydrogen) atoms. The molecule has 0 radical (unpaired) electrons. The normalized spacial score (nSPS) is 16.8. The van der Waals surface area contributed by atoms with E-state index in [-0.39, 0.29) is 6.09 Å². The number of amides is 1. The van der Waals surface area contributed by atoms with Gasteiger partial charge in [-0.15, -0.1) is 0 Å². The molecule has 4 nitrogen and oxygen atoms in total. The van der Waals surface area contributed by atoms with E-state index >= 15 is 0 Å². The zero-order valence-electron chi connectivity index (χ0n) is 14.7. The fourth-order valence-corrected chi connectivity index (χ4v) is 2.87. The average Bonchev–Trinajstić information content (AvgIpc) is 2.52. The molecular formula is C19H25NO3S. The van der Waals surface area contributed by atoms with Crippen molar-refractivity contribution in [3.05, 3.63) is 47.7 Å². The van der Waals surface area contributed by atoms with Gasteiger partial charge in [0, 0.05) is 34.7 Å². The third-order valence-corrected chi connectivity index (χ3v) is 4.45. The lowest BCUT2D eigenvalue weighted by molar-refractivity contribution is 0.0325. The molecule has 2 rings (SSSR count). The first kappa shape index (κ1) is 18.5. The summed E-state index contributed by atoms with van der Waals surface area (Å²) in [5.41, 5.74) is 1.65. The van der Waals surface area contributed by atoms with Crippen LogP contribution in [0.2, 0.25) is 0 Å². The Bertz CT molecular complexity index is 669. The Balaban J connectivity index is 2.05. The zero-order chi connectivity index (χ0) is 17.7. The number of hydrogen-bond donors (Lipinski definition) is 0. The van der Waals surface area contributed by atoms with Crippen molar-refractivity contribution in [3.63, 3.8) is 0 Å². The van der Waals surface area contributed by atoms with Crippen LogP contribution in [0.4, 0.5) is 4.79 Å². The van der Waals surface area contributed by atoms with Gasteiger partial charge in [0.2, 0.25) is 0 Å². The van der Waals surface area contributed by atoms with E-state index < -0.39 is 16.4 Å². The van der Waals surface area contributed by atoms with Crippen LogP contribution in [0.5, 0.6) is 0 Å². The number of nitrogens with zero attached hydrogens (tertiary/aromatic N) is 1. The van der Waals surface area contributed by atoms with Gasteiger partial charge >= 0.3 is 6.09 Å². The summed E-state index contributed by atoms with van der Waals surface area (Å²) >= 11 is 0. The molecule has 0 spiro atoms. The summed E-state index contributed by atoms with van der Waals surface area (Å²) in [6.45, 7) is 6.29. The van der Waals surface area contributed by atoms with Crippen LogP contribution >= 0.6 is 0 Å². The maximum absolute atomic E-state index is 12.1. The summed E-state index contributed by atoms with van der Waals surface area (Å²) in [5, 5.41) is 0. The summed E-state index contributed by atoms with van der Waals surface area (Å²) in [4.78, 5) is 14.6. The monoisotopic (exact) mass is 347 g/mol. The predicted octanol–water partition coefficient (Wildman–Crippen LogP) is 4.35. The van der Waals surface area contributed by atoms with Crippen molar-refractivity contribution in [2.75, 3.05) is 12.8 Å². The molecule has 1 unspecified atom stereocenters. The fraction of sp³-hybridized carbons (Fsp3) is 0.421. The molecule has 0 fully saturated rings. The van der Waals surface area contributed by atoms with E-state index in [0.717, 1.165) is 28.9 Å². The largest absolute Gasteiger partial charge is 0.443 e. The molecule has 0 aromatic heterocycles. The Hall–Kier alpha value is -1.88. The number of rotatable bonds is 3. The lowest BCUT2D eigenvalue weighted by atomic mass is 10.1. The Morgan fingerprint density at radius 3 is 2.46 bits per heavy atom. The van der Waals surface area contributed by atoms with Crippen molar-refractivity contribution in [2.45, 2.75) is 44.1 Å². The quantitative estimate of drug-likeness (QED) is 0.816. The predicted molar refractivity (Wildman–Crippen MR) is 98.1 cm³/mol. The summed E-state index contributed by atoms with van der Waals surface area (Å²) in [5.74, 6) is 0. The number of carbonyl (C=O) groups excluding carboxylic acids is 1. The van der Waals surface area contributed by atoms with Crippen molar-refractivity contribution in [1.29, 1.82) is 0 Å². The zero-order valence-corrected chi connectivity index (χ0v) is 15.6. The van der Waals surface area contributed by atoms with Gasteiger partial charge in [-0.3, -0.25) is 9.11 Å². The number of carbonyl (C=O) groups is 1. The van der Waals surface area contributed by atoms with Gasteiger partial charge in [0.15, 0.2) is 0 Å². The topological polar surface area (TPSA) is 46.6 Å².